The van der Waals surface area contributed by atoms with Gasteiger partial charge in [0.25, 0.3) is 0 Å². The molecule has 2 aliphatic carbocycles. The zero-order valence-corrected chi connectivity index (χ0v) is 18.7. The van der Waals surface area contributed by atoms with Gasteiger partial charge in [-0.1, -0.05) is 30.3 Å². The third-order valence-electron chi connectivity index (χ3n) is 9.52. The minimum Gasteiger partial charge on any atom is -0.504 e. The van der Waals surface area contributed by atoms with Crippen molar-refractivity contribution in [3.05, 3.63) is 70.9 Å². The van der Waals surface area contributed by atoms with Crippen LogP contribution in [0.4, 0.5) is 0 Å². The maximum atomic E-state index is 12.8. The first-order chi connectivity index (χ1) is 16.1. The predicted octanol–water partition coefficient (Wildman–Crippen LogP) is 3.77. The second-order valence-electron chi connectivity index (χ2n) is 10.7. The Morgan fingerprint density at radius 1 is 1.18 bits per heavy atom. The highest BCUT2D eigenvalue weighted by atomic mass is 16.5. The summed E-state index contributed by atoms with van der Waals surface area (Å²) in [6.07, 6.45) is 6.11. The number of aliphatic hydroxyl groups is 1. The van der Waals surface area contributed by atoms with Gasteiger partial charge >= 0.3 is 0 Å². The Labute approximate surface area is 192 Å². The van der Waals surface area contributed by atoms with E-state index in [0.29, 0.717) is 12.2 Å². The summed E-state index contributed by atoms with van der Waals surface area (Å²) in [6, 6.07) is 10.5. The summed E-state index contributed by atoms with van der Waals surface area (Å²) in [5, 5.41) is 25.0. The number of ether oxygens (including phenoxy) is 1. The number of benzene rings is 2. The van der Waals surface area contributed by atoms with Crippen molar-refractivity contribution in [1.29, 1.82) is 0 Å². The molecule has 4 atom stereocenters. The molecule has 5 nitrogen and oxygen atoms in total. The van der Waals surface area contributed by atoms with Crippen LogP contribution < -0.4 is 4.74 Å². The number of piperidine rings is 1. The summed E-state index contributed by atoms with van der Waals surface area (Å²) < 4.78 is 9.25. The Hall–Kier alpha value is -2.76. The van der Waals surface area contributed by atoms with Gasteiger partial charge in [0.1, 0.15) is 0 Å². The van der Waals surface area contributed by atoms with E-state index in [1.54, 1.807) is 6.07 Å². The molecule has 2 aromatic carbocycles. The highest BCUT2D eigenvalue weighted by Crippen LogP contribution is 2.69. The number of hydrogen-bond donors (Lipinski definition) is 2. The fourth-order valence-corrected chi connectivity index (χ4v) is 8.38. The predicted molar refractivity (Wildman–Crippen MR) is 126 cm³/mol. The fourth-order valence-electron chi connectivity index (χ4n) is 8.38. The van der Waals surface area contributed by atoms with Crippen molar-refractivity contribution in [2.24, 2.45) is 0 Å². The van der Waals surface area contributed by atoms with Gasteiger partial charge in [-0.15, -0.1) is 6.58 Å². The van der Waals surface area contributed by atoms with Crippen LogP contribution in [0.2, 0.25) is 0 Å². The third-order valence-corrected chi connectivity index (χ3v) is 9.52. The van der Waals surface area contributed by atoms with E-state index in [9.17, 15) is 10.2 Å². The zero-order valence-electron chi connectivity index (χ0n) is 18.7. The molecule has 5 heteroatoms. The number of rotatable bonds is 2. The monoisotopic (exact) mass is 440 g/mol. The molecule has 4 heterocycles. The summed E-state index contributed by atoms with van der Waals surface area (Å²) in [5.41, 5.74) is 6.01. The molecule has 1 spiro atoms. The van der Waals surface area contributed by atoms with Gasteiger partial charge in [-0.05, 0) is 48.4 Å². The first-order valence-electron chi connectivity index (χ1n) is 12.3. The van der Waals surface area contributed by atoms with Crippen LogP contribution in [0.25, 0.3) is 10.9 Å². The van der Waals surface area contributed by atoms with Gasteiger partial charge in [-0.2, -0.15) is 0 Å². The Morgan fingerprint density at radius 2 is 2.09 bits per heavy atom. The van der Waals surface area contributed by atoms with Gasteiger partial charge in [0.05, 0.1) is 22.2 Å². The van der Waals surface area contributed by atoms with E-state index in [1.165, 1.54) is 33.3 Å². The van der Waals surface area contributed by atoms with Crippen molar-refractivity contribution in [3.63, 3.8) is 0 Å². The second kappa shape index (κ2) is 5.83. The van der Waals surface area contributed by atoms with E-state index >= 15 is 0 Å². The topological polar surface area (TPSA) is 57.9 Å². The molecule has 0 unspecified atom stereocenters. The molecule has 5 aliphatic rings. The van der Waals surface area contributed by atoms with Crippen molar-refractivity contribution >= 4 is 10.9 Å². The van der Waals surface area contributed by atoms with Crippen molar-refractivity contribution in [2.75, 3.05) is 13.1 Å². The summed E-state index contributed by atoms with van der Waals surface area (Å²) in [7, 11) is 0. The van der Waals surface area contributed by atoms with E-state index in [2.05, 4.69) is 40.3 Å². The van der Waals surface area contributed by atoms with Crippen LogP contribution in [-0.2, 0) is 31.2 Å². The smallest absolute Gasteiger partial charge is 0.166 e. The Balaban J connectivity index is 1.49. The molecular formula is C28H28N2O3. The number of para-hydroxylation sites is 1. The summed E-state index contributed by atoms with van der Waals surface area (Å²) in [5.74, 6) is 0.803. The highest BCUT2D eigenvalue weighted by molar-refractivity contribution is 5.90. The largest absolute Gasteiger partial charge is 0.504 e. The molecule has 3 aromatic rings. The SMILES string of the molecule is C=CCN1CC[C@]23c4c5ccc(O)c4O[C@H]2c2c(c4cccc6c4n2CCC6)C[C@@]3(O)[C@H]1C5. The maximum Gasteiger partial charge on any atom is 0.166 e. The lowest BCUT2D eigenvalue weighted by atomic mass is 9.49. The number of fused-ring (bicyclic) bond motifs is 4. The minimum atomic E-state index is -0.957. The molecule has 8 rings (SSSR count). The Morgan fingerprint density at radius 3 is 2.97 bits per heavy atom. The molecule has 1 aromatic heterocycles. The third kappa shape index (κ3) is 1.89. The van der Waals surface area contributed by atoms with Crippen LogP contribution in [0, 0.1) is 0 Å². The molecule has 0 radical (unpaired) electrons. The molecule has 33 heavy (non-hydrogen) atoms. The van der Waals surface area contributed by atoms with E-state index in [1.807, 2.05) is 6.08 Å². The normalized spacial score (nSPS) is 32.9. The molecule has 168 valence electrons. The van der Waals surface area contributed by atoms with Crippen molar-refractivity contribution in [1.82, 2.24) is 9.47 Å². The lowest BCUT2D eigenvalue weighted by molar-refractivity contribution is -0.171. The first-order valence-corrected chi connectivity index (χ1v) is 12.3. The fraction of sp³-hybridized carbons (Fsp3) is 0.429. The number of nitrogens with zero attached hydrogens (tertiary/aromatic N) is 2. The molecule has 0 amide bonds. The van der Waals surface area contributed by atoms with Crippen LogP contribution in [0.5, 0.6) is 11.5 Å². The van der Waals surface area contributed by atoms with Crippen molar-refractivity contribution < 1.29 is 14.9 Å². The van der Waals surface area contributed by atoms with Crippen molar-refractivity contribution in [3.8, 4) is 11.5 Å². The van der Waals surface area contributed by atoms with Gasteiger partial charge in [0, 0.05) is 43.0 Å². The number of aromatic nitrogens is 1. The van der Waals surface area contributed by atoms with E-state index in [4.69, 9.17) is 4.74 Å². The van der Waals surface area contributed by atoms with Crippen LogP contribution in [0.3, 0.4) is 0 Å². The average Bonchev–Trinajstić information content (AvgIpc) is 3.32. The molecule has 1 saturated heterocycles. The van der Waals surface area contributed by atoms with Crippen LogP contribution in [0.1, 0.15) is 46.9 Å². The molecule has 2 bridgehead atoms. The molecule has 3 aliphatic heterocycles. The number of aryl methyl sites for hydroxylation is 2. The number of likely N-dealkylation sites (tertiary alicyclic amines) is 1. The van der Waals surface area contributed by atoms with Gasteiger partial charge < -0.3 is 19.5 Å². The van der Waals surface area contributed by atoms with Crippen LogP contribution in [0.15, 0.2) is 43.0 Å². The van der Waals surface area contributed by atoms with Gasteiger partial charge in [-0.25, -0.2) is 0 Å². The lowest BCUT2D eigenvalue weighted by Crippen LogP contribution is -2.74. The van der Waals surface area contributed by atoms with Crippen LogP contribution >= 0.6 is 0 Å². The zero-order chi connectivity index (χ0) is 22.1. The summed E-state index contributed by atoms with van der Waals surface area (Å²) in [6.45, 7) is 6.64. The van der Waals surface area contributed by atoms with Gasteiger partial charge in [0.15, 0.2) is 17.6 Å². The second-order valence-corrected chi connectivity index (χ2v) is 10.7. The Kier molecular flexibility index (Phi) is 3.29. The quantitative estimate of drug-likeness (QED) is 0.596. The van der Waals surface area contributed by atoms with Crippen LogP contribution in [-0.4, -0.2) is 44.4 Å². The highest BCUT2D eigenvalue weighted by Gasteiger charge is 2.73. The number of hydrogen-bond acceptors (Lipinski definition) is 4. The van der Waals surface area contributed by atoms with Crippen molar-refractivity contribution in [2.45, 2.75) is 61.8 Å². The maximum absolute atomic E-state index is 12.8. The van der Waals surface area contributed by atoms with E-state index in [-0.39, 0.29) is 17.9 Å². The Bertz CT molecular complexity index is 1390. The minimum absolute atomic E-state index is 0.00166. The number of phenolic OH excluding ortho intramolecular Hbond substituents is 1. The first kappa shape index (κ1) is 18.6. The number of aromatic hydroxyl groups is 1. The van der Waals surface area contributed by atoms with Gasteiger partial charge in [-0.3, -0.25) is 4.90 Å². The van der Waals surface area contributed by atoms with E-state index < -0.39 is 11.0 Å². The molecular weight excluding hydrogens is 412 g/mol. The summed E-state index contributed by atoms with van der Waals surface area (Å²) >= 11 is 0. The summed E-state index contributed by atoms with van der Waals surface area (Å²) in [4.78, 5) is 2.41. The number of phenols is 1. The lowest BCUT2D eigenvalue weighted by Gasteiger charge is -2.62. The molecule has 0 saturated carbocycles. The average molecular weight is 441 g/mol. The standard InChI is InChI=1S/C28H28N2O3/c1-2-11-29-13-10-27-22-17-8-9-20(31)25(22)33-26(27)24-19(15-28(27,32)21(29)14-17)18-7-3-5-16-6-4-12-30(24)23(16)18/h2-3,5,7-9,21,26,31-32H,1,4,6,10-15H2/t21-,26+,27+,28-/m1/s1. The van der Waals surface area contributed by atoms with Gasteiger partial charge in [0.2, 0.25) is 0 Å². The van der Waals surface area contributed by atoms with E-state index in [0.717, 1.165) is 50.9 Å². The molecule has 1 fully saturated rings. The molecule has 2 N–H and O–H groups in total.